The van der Waals surface area contributed by atoms with Crippen molar-refractivity contribution in [3.63, 3.8) is 0 Å². The number of hydrogen-bond acceptors (Lipinski definition) is 4. The summed E-state index contributed by atoms with van der Waals surface area (Å²) in [5.74, 6) is -1.88. The fourth-order valence-corrected chi connectivity index (χ4v) is 2.98. The SMILES string of the molecule is CC(=O)Nc1ccc(Cl)c(NC(=O)C(C)N2C(=O)c3ccccc3C2=O)c1. The van der Waals surface area contributed by atoms with E-state index in [-0.39, 0.29) is 27.7 Å². The highest BCUT2D eigenvalue weighted by atomic mass is 35.5. The van der Waals surface area contributed by atoms with Crippen molar-refractivity contribution in [2.24, 2.45) is 0 Å². The second-order valence-electron chi connectivity index (χ2n) is 6.07. The highest BCUT2D eigenvalue weighted by molar-refractivity contribution is 6.34. The van der Waals surface area contributed by atoms with Crippen LogP contribution in [0.1, 0.15) is 34.6 Å². The lowest BCUT2D eigenvalue weighted by molar-refractivity contribution is -0.119. The molecular weight excluding hydrogens is 370 g/mol. The van der Waals surface area contributed by atoms with Crippen LogP contribution >= 0.6 is 11.6 Å². The van der Waals surface area contributed by atoms with Gasteiger partial charge in [0.25, 0.3) is 11.8 Å². The zero-order chi connectivity index (χ0) is 19.7. The first kappa shape index (κ1) is 18.6. The molecule has 3 rings (SSSR count). The van der Waals surface area contributed by atoms with Crippen LogP contribution in [0.3, 0.4) is 0 Å². The van der Waals surface area contributed by atoms with E-state index in [0.717, 1.165) is 4.90 Å². The number of hydrogen-bond donors (Lipinski definition) is 2. The first-order valence-electron chi connectivity index (χ1n) is 8.14. The van der Waals surface area contributed by atoms with Gasteiger partial charge in [-0.25, -0.2) is 0 Å². The molecule has 1 unspecified atom stereocenters. The molecule has 0 bridgehead atoms. The number of anilines is 2. The van der Waals surface area contributed by atoms with E-state index in [1.807, 2.05) is 0 Å². The van der Waals surface area contributed by atoms with E-state index in [4.69, 9.17) is 11.6 Å². The number of carbonyl (C=O) groups excluding carboxylic acids is 4. The Hall–Kier alpha value is -3.19. The maximum absolute atomic E-state index is 12.6. The molecule has 2 aromatic carbocycles. The van der Waals surface area contributed by atoms with Crippen LogP contribution < -0.4 is 10.6 Å². The Morgan fingerprint density at radius 2 is 1.59 bits per heavy atom. The standard InChI is InChI=1S/C19H16ClN3O4/c1-10(23-18(26)13-5-3-4-6-14(13)19(23)27)17(25)22-16-9-12(21-11(2)24)7-8-15(16)20/h3-10H,1-2H3,(H,21,24)(H,22,25). The van der Waals surface area contributed by atoms with Crippen molar-refractivity contribution >= 4 is 46.6 Å². The molecule has 0 fully saturated rings. The molecule has 0 aliphatic carbocycles. The van der Waals surface area contributed by atoms with Crippen LogP contribution in [0, 0.1) is 0 Å². The number of fused-ring (bicyclic) bond motifs is 1. The molecule has 1 heterocycles. The molecule has 27 heavy (non-hydrogen) atoms. The smallest absolute Gasteiger partial charge is 0.262 e. The van der Waals surface area contributed by atoms with Gasteiger partial charge in [-0.3, -0.25) is 24.1 Å². The van der Waals surface area contributed by atoms with Crippen molar-refractivity contribution in [1.29, 1.82) is 0 Å². The highest BCUT2D eigenvalue weighted by Crippen LogP contribution is 2.28. The Bertz CT molecular complexity index is 938. The summed E-state index contributed by atoms with van der Waals surface area (Å²) in [6, 6.07) is 9.98. The predicted molar refractivity (Wildman–Crippen MR) is 101 cm³/mol. The van der Waals surface area contributed by atoms with Crippen molar-refractivity contribution in [1.82, 2.24) is 4.90 Å². The largest absolute Gasteiger partial charge is 0.326 e. The van der Waals surface area contributed by atoms with Gasteiger partial charge in [0.1, 0.15) is 6.04 Å². The van der Waals surface area contributed by atoms with Crippen molar-refractivity contribution in [3.8, 4) is 0 Å². The zero-order valence-corrected chi connectivity index (χ0v) is 15.3. The summed E-state index contributed by atoms with van der Waals surface area (Å²) < 4.78 is 0. The van der Waals surface area contributed by atoms with E-state index in [0.29, 0.717) is 5.69 Å². The van der Waals surface area contributed by atoms with Gasteiger partial charge >= 0.3 is 0 Å². The van der Waals surface area contributed by atoms with Crippen LogP contribution in [0.2, 0.25) is 5.02 Å². The Balaban J connectivity index is 1.80. The van der Waals surface area contributed by atoms with Crippen LogP contribution in [-0.4, -0.2) is 34.6 Å². The first-order chi connectivity index (χ1) is 12.8. The van der Waals surface area contributed by atoms with E-state index < -0.39 is 23.8 Å². The van der Waals surface area contributed by atoms with Gasteiger partial charge in [-0.2, -0.15) is 0 Å². The first-order valence-corrected chi connectivity index (χ1v) is 8.52. The number of halogens is 1. The number of rotatable bonds is 4. The Labute approximate surface area is 160 Å². The predicted octanol–water partition coefficient (Wildman–Crippen LogP) is 2.92. The summed E-state index contributed by atoms with van der Waals surface area (Å²) in [4.78, 5) is 49.7. The van der Waals surface area contributed by atoms with Crippen LogP contribution in [0.25, 0.3) is 0 Å². The van der Waals surface area contributed by atoms with Crippen molar-refractivity contribution in [3.05, 3.63) is 58.6 Å². The Kier molecular flexibility index (Phi) is 4.96. The molecule has 1 atom stereocenters. The zero-order valence-electron chi connectivity index (χ0n) is 14.6. The second-order valence-corrected chi connectivity index (χ2v) is 6.47. The van der Waals surface area contributed by atoms with Gasteiger partial charge in [-0.15, -0.1) is 0 Å². The molecule has 0 radical (unpaired) electrons. The highest BCUT2D eigenvalue weighted by Gasteiger charge is 2.40. The molecule has 2 N–H and O–H groups in total. The van der Waals surface area contributed by atoms with E-state index in [1.54, 1.807) is 30.3 Å². The van der Waals surface area contributed by atoms with Crippen molar-refractivity contribution in [2.75, 3.05) is 10.6 Å². The normalized spacial score (nSPS) is 14.0. The van der Waals surface area contributed by atoms with Crippen LogP contribution in [0.15, 0.2) is 42.5 Å². The van der Waals surface area contributed by atoms with E-state index in [9.17, 15) is 19.2 Å². The van der Waals surface area contributed by atoms with Gasteiger partial charge in [-0.1, -0.05) is 23.7 Å². The molecule has 7 nitrogen and oxygen atoms in total. The van der Waals surface area contributed by atoms with Gasteiger partial charge < -0.3 is 10.6 Å². The molecule has 1 aliphatic rings. The fourth-order valence-electron chi connectivity index (χ4n) is 2.82. The lowest BCUT2D eigenvalue weighted by Gasteiger charge is -2.22. The number of nitrogens with one attached hydrogen (secondary N) is 2. The third-order valence-electron chi connectivity index (χ3n) is 4.14. The summed E-state index contributed by atoms with van der Waals surface area (Å²) in [6.07, 6.45) is 0. The molecular formula is C19H16ClN3O4. The summed E-state index contributed by atoms with van der Waals surface area (Å²) >= 11 is 6.10. The second kappa shape index (κ2) is 7.20. The topological polar surface area (TPSA) is 95.6 Å². The van der Waals surface area contributed by atoms with Gasteiger partial charge in [0, 0.05) is 12.6 Å². The lowest BCUT2D eigenvalue weighted by atomic mass is 10.1. The molecule has 0 aromatic heterocycles. The average molecular weight is 386 g/mol. The van der Waals surface area contributed by atoms with Crippen molar-refractivity contribution < 1.29 is 19.2 Å². The number of imide groups is 1. The lowest BCUT2D eigenvalue weighted by Crippen LogP contribution is -2.45. The minimum absolute atomic E-state index is 0.256. The van der Waals surface area contributed by atoms with E-state index in [2.05, 4.69) is 10.6 Å². The quantitative estimate of drug-likeness (QED) is 0.791. The van der Waals surface area contributed by atoms with Gasteiger partial charge in [0.2, 0.25) is 11.8 Å². The summed E-state index contributed by atoms with van der Waals surface area (Å²) in [5, 5.41) is 5.45. The number of nitrogens with zero attached hydrogens (tertiary/aromatic N) is 1. The molecule has 0 spiro atoms. The Morgan fingerprint density at radius 1 is 1.00 bits per heavy atom. The van der Waals surface area contributed by atoms with E-state index in [1.165, 1.54) is 26.0 Å². The number of amides is 4. The maximum atomic E-state index is 12.6. The van der Waals surface area contributed by atoms with Gasteiger partial charge in [0.15, 0.2) is 0 Å². The van der Waals surface area contributed by atoms with Gasteiger partial charge in [-0.05, 0) is 37.3 Å². The summed E-state index contributed by atoms with van der Waals surface area (Å²) in [7, 11) is 0. The molecule has 138 valence electrons. The maximum Gasteiger partial charge on any atom is 0.262 e. The van der Waals surface area contributed by atoms with Crippen molar-refractivity contribution in [2.45, 2.75) is 19.9 Å². The Morgan fingerprint density at radius 3 is 2.15 bits per heavy atom. The minimum Gasteiger partial charge on any atom is -0.326 e. The van der Waals surface area contributed by atoms with Crippen LogP contribution in [-0.2, 0) is 9.59 Å². The summed E-state index contributed by atoms with van der Waals surface area (Å²) in [6.45, 7) is 2.82. The molecule has 1 aliphatic heterocycles. The number of benzene rings is 2. The molecule has 0 saturated heterocycles. The third-order valence-corrected chi connectivity index (χ3v) is 4.47. The minimum atomic E-state index is -1.04. The number of carbonyl (C=O) groups is 4. The average Bonchev–Trinajstić information content (AvgIpc) is 2.88. The fraction of sp³-hybridized carbons (Fsp3) is 0.158. The van der Waals surface area contributed by atoms with E-state index >= 15 is 0 Å². The van der Waals surface area contributed by atoms with Crippen LogP contribution in [0.4, 0.5) is 11.4 Å². The molecule has 2 aromatic rings. The van der Waals surface area contributed by atoms with Gasteiger partial charge in [0.05, 0.1) is 21.8 Å². The van der Waals surface area contributed by atoms with Crippen LogP contribution in [0.5, 0.6) is 0 Å². The molecule has 0 saturated carbocycles. The molecule has 4 amide bonds. The monoisotopic (exact) mass is 385 g/mol. The summed E-state index contributed by atoms with van der Waals surface area (Å²) in [5.41, 5.74) is 1.26. The third kappa shape index (κ3) is 3.54. The molecule has 8 heteroatoms.